The van der Waals surface area contributed by atoms with Crippen molar-refractivity contribution in [2.24, 2.45) is 10.7 Å². The molecule has 3 rings (SSSR count). The number of ether oxygens (including phenoxy) is 3. The minimum Gasteiger partial charge on any atom is -0.494 e. The van der Waals surface area contributed by atoms with Crippen LogP contribution in [-0.2, 0) is 6.61 Å². The van der Waals surface area contributed by atoms with E-state index in [1.807, 2.05) is 0 Å². The van der Waals surface area contributed by atoms with E-state index < -0.39 is 18.2 Å². The molecular weight excluding hydrogens is 422 g/mol. The summed E-state index contributed by atoms with van der Waals surface area (Å²) >= 11 is 0. The Morgan fingerprint density at radius 3 is 2.38 bits per heavy atom. The molecule has 0 radical (unpaired) electrons. The first kappa shape index (κ1) is 23.2. The third-order valence-corrected chi connectivity index (χ3v) is 4.84. The van der Waals surface area contributed by atoms with Gasteiger partial charge in [-0.1, -0.05) is 0 Å². The molecule has 9 nitrogen and oxygen atoms in total. The van der Waals surface area contributed by atoms with Crippen molar-refractivity contribution in [1.82, 2.24) is 15.3 Å². The molecular formula is C21H26F2N6O3. The van der Waals surface area contributed by atoms with Gasteiger partial charge >= 0.3 is 0 Å². The molecule has 0 aliphatic carbocycles. The van der Waals surface area contributed by atoms with Gasteiger partial charge < -0.3 is 30.6 Å². The Balaban J connectivity index is 1.62. The predicted octanol–water partition coefficient (Wildman–Crippen LogP) is 2.39. The molecule has 11 heteroatoms. The first-order valence-corrected chi connectivity index (χ1v) is 10.0. The van der Waals surface area contributed by atoms with E-state index in [4.69, 9.17) is 19.9 Å². The number of aliphatic imine (C=N–C) groups is 1. The molecule has 2 heterocycles. The zero-order chi connectivity index (χ0) is 22.9. The van der Waals surface area contributed by atoms with Crippen LogP contribution < -0.4 is 30.6 Å². The van der Waals surface area contributed by atoms with E-state index in [0.717, 1.165) is 32.0 Å². The number of anilines is 1. The van der Waals surface area contributed by atoms with Crippen molar-refractivity contribution < 1.29 is 23.0 Å². The van der Waals surface area contributed by atoms with Gasteiger partial charge in [-0.3, -0.25) is 4.99 Å². The molecule has 0 saturated carbocycles. The van der Waals surface area contributed by atoms with Crippen LogP contribution in [0.15, 0.2) is 35.3 Å². The van der Waals surface area contributed by atoms with Crippen LogP contribution in [0.4, 0.5) is 14.7 Å². The number of benzene rings is 1. The van der Waals surface area contributed by atoms with E-state index in [1.54, 1.807) is 6.21 Å². The lowest BCUT2D eigenvalue weighted by Crippen LogP contribution is -2.30. The Bertz CT molecular complexity index is 935. The van der Waals surface area contributed by atoms with Gasteiger partial charge in [0.1, 0.15) is 6.61 Å². The molecule has 0 spiro atoms. The second kappa shape index (κ2) is 11.2. The van der Waals surface area contributed by atoms with Crippen molar-refractivity contribution in [3.05, 3.63) is 47.6 Å². The second-order valence-electron chi connectivity index (χ2n) is 6.93. The quantitative estimate of drug-likeness (QED) is 0.501. The second-order valence-corrected chi connectivity index (χ2v) is 6.93. The first-order chi connectivity index (χ1) is 15.5. The normalized spacial score (nSPS) is 15.1. The molecule has 1 aliphatic rings. The summed E-state index contributed by atoms with van der Waals surface area (Å²) in [4.78, 5) is 12.8. The lowest BCUT2D eigenvalue weighted by molar-refractivity contribution is 0.280. The highest BCUT2D eigenvalue weighted by Gasteiger charge is 2.20. The lowest BCUT2D eigenvalue weighted by Gasteiger charge is -2.18. The van der Waals surface area contributed by atoms with Crippen molar-refractivity contribution in [3.63, 3.8) is 0 Å². The lowest BCUT2D eigenvalue weighted by atomic mass is 10.1. The van der Waals surface area contributed by atoms with Gasteiger partial charge in [0.2, 0.25) is 5.95 Å². The third-order valence-electron chi connectivity index (χ3n) is 4.84. The van der Waals surface area contributed by atoms with Crippen LogP contribution in [0.3, 0.4) is 0 Å². The maximum absolute atomic E-state index is 14.4. The highest BCUT2D eigenvalue weighted by Crippen LogP contribution is 2.31. The average molecular weight is 448 g/mol. The van der Waals surface area contributed by atoms with E-state index in [0.29, 0.717) is 5.70 Å². The number of methoxy groups -OCH3 is 2. The average Bonchev–Trinajstić information content (AvgIpc) is 2.83. The fourth-order valence-corrected chi connectivity index (χ4v) is 3.06. The van der Waals surface area contributed by atoms with Crippen LogP contribution in [0, 0.1) is 11.6 Å². The van der Waals surface area contributed by atoms with Crippen molar-refractivity contribution in [2.45, 2.75) is 25.5 Å². The van der Waals surface area contributed by atoms with E-state index in [1.165, 1.54) is 32.8 Å². The van der Waals surface area contributed by atoms with Crippen molar-refractivity contribution >= 4 is 12.2 Å². The van der Waals surface area contributed by atoms with E-state index in [2.05, 4.69) is 25.6 Å². The minimum absolute atomic E-state index is 0.148. The van der Waals surface area contributed by atoms with E-state index >= 15 is 0 Å². The number of rotatable bonds is 9. The zero-order valence-corrected chi connectivity index (χ0v) is 17.9. The van der Waals surface area contributed by atoms with Crippen molar-refractivity contribution in [3.8, 4) is 17.2 Å². The topological polar surface area (TPSA) is 116 Å². The van der Waals surface area contributed by atoms with Crippen LogP contribution in [0.1, 0.15) is 18.4 Å². The Morgan fingerprint density at radius 1 is 1.19 bits per heavy atom. The highest BCUT2D eigenvalue weighted by atomic mass is 19.1. The van der Waals surface area contributed by atoms with Crippen molar-refractivity contribution in [2.75, 3.05) is 32.6 Å². The van der Waals surface area contributed by atoms with Crippen molar-refractivity contribution in [1.29, 1.82) is 0 Å². The highest BCUT2D eigenvalue weighted by molar-refractivity contribution is 5.82. The van der Waals surface area contributed by atoms with Gasteiger partial charge in [0, 0.05) is 18.5 Å². The molecule has 32 heavy (non-hydrogen) atoms. The van der Waals surface area contributed by atoms with Gasteiger partial charge in [0.05, 0.1) is 43.9 Å². The van der Waals surface area contributed by atoms with Gasteiger partial charge in [-0.2, -0.15) is 0 Å². The maximum Gasteiger partial charge on any atom is 0.227 e. The molecule has 0 atom stereocenters. The Morgan fingerprint density at radius 2 is 1.81 bits per heavy atom. The molecule has 4 N–H and O–H groups in total. The number of hydrogen-bond acceptors (Lipinski definition) is 9. The number of nitrogens with one attached hydrogen (secondary N) is 2. The minimum atomic E-state index is -0.865. The maximum atomic E-state index is 14.4. The van der Waals surface area contributed by atoms with Crippen LogP contribution in [-0.4, -0.2) is 49.5 Å². The summed E-state index contributed by atoms with van der Waals surface area (Å²) in [6.07, 6.45) is 7.72. The smallest absolute Gasteiger partial charge is 0.227 e. The zero-order valence-electron chi connectivity index (χ0n) is 17.9. The molecule has 0 bridgehead atoms. The summed E-state index contributed by atoms with van der Waals surface area (Å²) in [6, 6.07) is 1.38. The summed E-state index contributed by atoms with van der Waals surface area (Å²) in [5, 5.41) is 6.24. The largest absolute Gasteiger partial charge is 0.494 e. The first-order valence-electron chi connectivity index (χ1n) is 10.0. The molecule has 1 aromatic carbocycles. The van der Waals surface area contributed by atoms with Gasteiger partial charge in [-0.05, 0) is 25.9 Å². The summed E-state index contributed by atoms with van der Waals surface area (Å²) in [7, 11) is 2.56. The summed E-state index contributed by atoms with van der Waals surface area (Å²) < 4.78 is 44.1. The summed E-state index contributed by atoms with van der Waals surface area (Å²) in [5.41, 5.74) is 5.87. The van der Waals surface area contributed by atoms with Gasteiger partial charge in [0.25, 0.3) is 0 Å². The fourth-order valence-electron chi connectivity index (χ4n) is 3.06. The Labute approximate surface area is 184 Å². The van der Waals surface area contributed by atoms with Crippen LogP contribution in [0.25, 0.3) is 0 Å². The number of piperidine rings is 1. The number of hydrogen-bond donors (Lipinski definition) is 3. The monoisotopic (exact) mass is 448 g/mol. The molecule has 1 saturated heterocycles. The van der Waals surface area contributed by atoms with E-state index in [-0.39, 0.29) is 34.8 Å². The van der Waals surface area contributed by atoms with Crippen LogP contribution in [0.5, 0.6) is 17.2 Å². The standard InChI is InChI=1S/C21H26F2N6O3/c1-30-17-7-18(31-2)20(23)16(19(17)22)12-32-15-10-27-21(28-11-15)29-14(8-24)9-26-13-3-5-25-6-4-13/h7-11,13,25H,3-6,12,24H2,1-2H3,(H,27,28,29)/b14-8+,26-9?. The molecule has 1 aliphatic heterocycles. The Hall–Kier alpha value is -3.47. The number of halogens is 2. The number of allylic oxidation sites excluding steroid dienone is 1. The third kappa shape index (κ3) is 5.82. The molecule has 1 aromatic heterocycles. The summed E-state index contributed by atoms with van der Waals surface area (Å²) in [5.74, 6) is -1.54. The van der Waals surface area contributed by atoms with Gasteiger partial charge in [0.15, 0.2) is 28.9 Å². The van der Waals surface area contributed by atoms with Crippen LogP contribution >= 0.6 is 0 Å². The molecule has 0 unspecified atom stereocenters. The van der Waals surface area contributed by atoms with Crippen LogP contribution in [0.2, 0.25) is 0 Å². The number of aromatic nitrogens is 2. The SMILES string of the molecule is COc1cc(OC)c(F)c(COc2cnc(N/C(C=NC3CCNCC3)=C/N)nc2)c1F. The predicted molar refractivity (Wildman–Crippen MR) is 116 cm³/mol. The van der Waals surface area contributed by atoms with Gasteiger partial charge in [-0.25, -0.2) is 18.7 Å². The summed E-state index contributed by atoms with van der Waals surface area (Å²) in [6.45, 7) is 1.48. The van der Waals surface area contributed by atoms with E-state index in [9.17, 15) is 8.78 Å². The molecule has 0 amide bonds. The molecule has 172 valence electrons. The fraction of sp³-hybridized carbons (Fsp3) is 0.381. The molecule has 1 fully saturated rings. The number of nitrogens with two attached hydrogens (primary N) is 1. The molecule has 2 aromatic rings. The van der Waals surface area contributed by atoms with Gasteiger partial charge in [-0.15, -0.1) is 0 Å². The Kier molecular flexibility index (Phi) is 8.14. The number of nitrogens with zero attached hydrogens (tertiary/aromatic N) is 3.